The molecule has 0 aliphatic heterocycles. The Morgan fingerprint density at radius 3 is 2.13 bits per heavy atom. The molecule has 0 radical (unpaired) electrons. The normalized spacial score (nSPS) is 14.6. The summed E-state index contributed by atoms with van der Waals surface area (Å²) in [5, 5.41) is 8.10. The first-order chi connectivity index (χ1) is 14.7. The van der Waals surface area contributed by atoms with Gasteiger partial charge in [0, 0.05) is 27.2 Å². The average molecular weight is 383 g/mol. The Morgan fingerprint density at radius 2 is 1.27 bits per heavy atom. The van der Waals surface area contributed by atoms with E-state index >= 15 is 0 Å². The van der Waals surface area contributed by atoms with Gasteiger partial charge in [0.25, 0.3) is 0 Å². The molecule has 1 heterocycles. The summed E-state index contributed by atoms with van der Waals surface area (Å²) in [5.41, 5.74) is 8.07. The Bertz CT molecular complexity index is 1660. The van der Waals surface area contributed by atoms with Crippen molar-refractivity contribution in [3.8, 4) is 11.1 Å². The Labute approximate surface area is 175 Å². The fourth-order valence-corrected chi connectivity index (χ4v) is 5.93. The third-order valence-electron chi connectivity index (χ3n) is 7.15. The van der Waals surface area contributed by atoms with E-state index < -0.39 is 0 Å². The lowest BCUT2D eigenvalue weighted by Gasteiger charge is -2.24. The van der Waals surface area contributed by atoms with Gasteiger partial charge >= 0.3 is 0 Å². The zero-order chi connectivity index (χ0) is 20.0. The van der Waals surface area contributed by atoms with E-state index in [1.807, 2.05) is 0 Å². The van der Waals surface area contributed by atoms with Gasteiger partial charge in [-0.25, -0.2) is 0 Å². The van der Waals surface area contributed by atoms with E-state index in [0.717, 1.165) is 0 Å². The van der Waals surface area contributed by atoms with Crippen LogP contribution in [0.2, 0.25) is 0 Å². The molecule has 1 nitrogen and oxygen atoms in total. The number of aromatic amines is 1. The average Bonchev–Trinajstić information content (AvgIpc) is 3.27. The van der Waals surface area contributed by atoms with Gasteiger partial charge in [0.1, 0.15) is 0 Å². The zero-order valence-electron chi connectivity index (χ0n) is 17.1. The lowest BCUT2D eigenvalue weighted by atomic mass is 9.78. The van der Waals surface area contributed by atoms with Crippen LogP contribution in [0.25, 0.3) is 54.5 Å². The molecule has 142 valence electrons. The molecule has 0 spiro atoms. The monoisotopic (exact) mass is 383 g/mol. The molecular formula is C29H21N. The summed E-state index contributed by atoms with van der Waals surface area (Å²) in [6.07, 6.45) is 0. The third kappa shape index (κ3) is 1.79. The number of rotatable bonds is 0. The Morgan fingerprint density at radius 1 is 0.567 bits per heavy atom. The SMILES string of the molecule is CC1(C)c2ccccc2-c2c1c1ccc3[nH]c4ccccc4c3c1c1ccccc21. The van der Waals surface area contributed by atoms with Gasteiger partial charge in [-0.1, -0.05) is 86.6 Å². The number of benzene rings is 5. The molecule has 0 saturated carbocycles. The minimum absolute atomic E-state index is 0.0337. The van der Waals surface area contributed by atoms with Crippen LogP contribution in [0.15, 0.2) is 84.9 Å². The van der Waals surface area contributed by atoms with E-state index in [-0.39, 0.29) is 5.41 Å². The molecule has 1 N–H and O–H groups in total. The zero-order valence-corrected chi connectivity index (χ0v) is 17.1. The smallest absolute Gasteiger partial charge is 0.0471 e. The summed E-state index contributed by atoms with van der Waals surface area (Å²) in [5.74, 6) is 0. The van der Waals surface area contributed by atoms with Crippen molar-refractivity contribution in [3.63, 3.8) is 0 Å². The molecule has 5 aromatic carbocycles. The van der Waals surface area contributed by atoms with Crippen LogP contribution in [-0.4, -0.2) is 4.98 Å². The third-order valence-corrected chi connectivity index (χ3v) is 7.15. The second kappa shape index (κ2) is 5.31. The number of nitrogens with one attached hydrogen (secondary N) is 1. The number of hydrogen-bond acceptors (Lipinski definition) is 0. The molecule has 1 aliphatic carbocycles. The molecule has 6 aromatic rings. The molecule has 1 aliphatic rings. The largest absolute Gasteiger partial charge is 0.354 e. The van der Waals surface area contributed by atoms with Gasteiger partial charge < -0.3 is 4.98 Å². The molecule has 1 aromatic heterocycles. The van der Waals surface area contributed by atoms with Crippen molar-refractivity contribution >= 4 is 43.4 Å². The summed E-state index contributed by atoms with van der Waals surface area (Å²) >= 11 is 0. The van der Waals surface area contributed by atoms with Gasteiger partial charge in [0.05, 0.1) is 0 Å². The minimum Gasteiger partial charge on any atom is -0.354 e. The highest BCUT2D eigenvalue weighted by Crippen LogP contribution is 2.55. The molecule has 0 saturated heterocycles. The second-order valence-electron chi connectivity index (χ2n) is 9.05. The molecule has 0 atom stereocenters. The molecular weight excluding hydrogens is 362 g/mol. The minimum atomic E-state index is -0.0337. The highest BCUT2D eigenvalue weighted by molar-refractivity contribution is 6.30. The molecule has 1 heteroatoms. The maximum atomic E-state index is 3.64. The summed E-state index contributed by atoms with van der Waals surface area (Å²) in [6.45, 7) is 4.76. The lowest BCUT2D eigenvalue weighted by Crippen LogP contribution is -2.15. The van der Waals surface area contributed by atoms with Crippen molar-refractivity contribution in [2.45, 2.75) is 19.3 Å². The van der Waals surface area contributed by atoms with E-state index in [0.29, 0.717) is 0 Å². The van der Waals surface area contributed by atoms with Crippen LogP contribution in [0.5, 0.6) is 0 Å². The first-order valence-electron chi connectivity index (χ1n) is 10.6. The maximum Gasteiger partial charge on any atom is 0.0471 e. The van der Waals surface area contributed by atoms with Gasteiger partial charge in [-0.3, -0.25) is 0 Å². The van der Waals surface area contributed by atoms with Crippen molar-refractivity contribution < 1.29 is 0 Å². The number of para-hydroxylation sites is 1. The van der Waals surface area contributed by atoms with E-state index in [1.54, 1.807) is 0 Å². The molecule has 7 rings (SSSR count). The number of fused-ring (bicyclic) bond motifs is 12. The van der Waals surface area contributed by atoms with Crippen LogP contribution in [0.4, 0.5) is 0 Å². The molecule has 0 unspecified atom stereocenters. The fraction of sp³-hybridized carbons (Fsp3) is 0.103. The van der Waals surface area contributed by atoms with Crippen molar-refractivity contribution in [3.05, 3.63) is 96.1 Å². The van der Waals surface area contributed by atoms with Gasteiger partial charge in [-0.05, 0) is 55.9 Å². The number of hydrogen-bond donors (Lipinski definition) is 1. The Kier molecular flexibility index (Phi) is 2.88. The van der Waals surface area contributed by atoms with Crippen molar-refractivity contribution in [1.82, 2.24) is 4.98 Å². The van der Waals surface area contributed by atoms with Crippen LogP contribution in [0, 0.1) is 0 Å². The van der Waals surface area contributed by atoms with E-state index in [4.69, 9.17) is 0 Å². The fourth-order valence-electron chi connectivity index (χ4n) is 5.93. The van der Waals surface area contributed by atoms with Gasteiger partial charge in [0.2, 0.25) is 0 Å². The summed E-state index contributed by atoms with van der Waals surface area (Å²) in [6, 6.07) is 31.2. The maximum absolute atomic E-state index is 3.64. The van der Waals surface area contributed by atoms with Gasteiger partial charge in [0.15, 0.2) is 0 Å². The van der Waals surface area contributed by atoms with Crippen LogP contribution >= 0.6 is 0 Å². The number of aromatic nitrogens is 1. The summed E-state index contributed by atoms with van der Waals surface area (Å²) in [4.78, 5) is 3.64. The highest BCUT2D eigenvalue weighted by Gasteiger charge is 2.38. The summed E-state index contributed by atoms with van der Waals surface area (Å²) < 4.78 is 0. The summed E-state index contributed by atoms with van der Waals surface area (Å²) in [7, 11) is 0. The quantitative estimate of drug-likeness (QED) is 0.256. The molecule has 0 amide bonds. The molecule has 30 heavy (non-hydrogen) atoms. The van der Waals surface area contributed by atoms with Crippen molar-refractivity contribution in [2.24, 2.45) is 0 Å². The van der Waals surface area contributed by atoms with Gasteiger partial charge in [-0.2, -0.15) is 0 Å². The lowest BCUT2D eigenvalue weighted by molar-refractivity contribution is 0.666. The van der Waals surface area contributed by atoms with Crippen LogP contribution in [-0.2, 0) is 5.41 Å². The van der Waals surface area contributed by atoms with E-state index in [2.05, 4.69) is 104 Å². The van der Waals surface area contributed by atoms with Crippen LogP contribution < -0.4 is 0 Å². The van der Waals surface area contributed by atoms with Crippen molar-refractivity contribution in [2.75, 3.05) is 0 Å². The highest BCUT2D eigenvalue weighted by atomic mass is 14.7. The van der Waals surface area contributed by atoms with Crippen LogP contribution in [0.1, 0.15) is 25.0 Å². The topological polar surface area (TPSA) is 15.8 Å². The molecule has 0 bridgehead atoms. The standard InChI is InChI=1S/C29H21N/c1-29(2)22-13-7-5-11-19(22)26-18-10-4-3-9-17(18)25-21(28(26)29)15-16-24-27(25)20-12-6-8-14-23(20)30-24/h3-16,30H,1-2H3. The van der Waals surface area contributed by atoms with Crippen molar-refractivity contribution in [1.29, 1.82) is 0 Å². The Hall–Kier alpha value is -3.58. The predicted octanol–water partition coefficient (Wildman–Crippen LogP) is 7.93. The van der Waals surface area contributed by atoms with E-state index in [9.17, 15) is 0 Å². The molecule has 0 fully saturated rings. The van der Waals surface area contributed by atoms with E-state index in [1.165, 1.54) is 65.6 Å². The second-order valence-corrected chi connectivity index (χ2v) is 9.05. The first kappa shape index (κ1) is 16.2. The number of H-pyrrole nitrogens is 1. The van der Waals surface area contributed by atoms with Gasteiger partial charge in [-0.15, -0.1) is 0 Å². The Balaban J connectivity index is 1.83. The first-order valence-corrected chi connectivity index (χ1v) is 10.6. The predicted molar refractivity (Wildman–Crippen MR) is 128 cm³/mol. The van der Waals surface area contributed by atoms with Crippen LogP contribution in [0.3, 0.4) is 0 Å².